The number of amides is 1. The van der Waals surface area contributed by atoms with Crippen molar-refractivity contribution in [3.05, 3.63) is 33.9 Å². The standard InChI is InChI=1S/C13H17N3O4/c1-14-11-3-2-9(8-12(11)16(19)20)13(18)15-6-4-10(17)5-7-15/h2-3,8,10,14,17H,4-7H2,1H3. The van der Waals surface area contributed by atoms with Crippen LogP contribution in [0.2, 0.25) is 0 Å². The van der Waals surface area contributed by atoms with Crippen molar-refractivity contribution in [2.45, 2.75) is 18.9 Å². The van der Waals surface area contributed by atoms with E-state index in [-0.39, 0.29) is 17.7 Å². The number of nitrogens with zero attached hydrogens (tertiary/aromatic N) is 2. The molecule has 0 aromatic heterocycles. The molecule has 0 bridgehead atoms. The Morgan fingerprint density at radius 3 is 2.65 bits per heavy atom. The second-order valence-electron chi connectivity index (χ2n) is 4.76. The summed E-state index contributed by atoms with van der Waals surface area (Å²) in [4.78, 5) is 24.4. The van der Waals surface area contributed by atoms with Gasteiger partial charge in [-0.05, 0) is 25.0 Å². The van der Waals surface area contributed by atoms with E-state index in [1.165, 1.54) is 12.1 Å². The zero-order valence-electron chi connectivity index (χ0n) is 11.2. The van der Waals surface area contributed by atoms with E-state index in [9.17, 15) is 20.0 Å². The lowest BCUT2D eigenvalue weighted by Gasteiger charge is -2.29. The Morgan fingerprint density at radius 2 is 2.10 bits per heavy atom. The van der Waals surface area contributed by atoms with Crippen LogP contribution in [0.3, 0.4) is 0 Å². The first-order valence-corrected chi connectivity index (χ1v) is 6.46. The second-order valence-corrected chi connectivity index (χ2v) is 4.76. The van der Waals surface area contributed by atoms with Crippen LogP contribution in [0.5, 0.6) is 0 Å². The fraction of sp³-hybridized carbons (Fsp3) is 0.462. The summed E-state index contributed by atoms with van der Waals surface area (Å²) < 4.78 is 0. The first-order valence-electron chi connectivity index (χ1n) is 6.46. The topological polar surface area (TPSA) is 95.7 Å². The van der Waals surface area contributed by atoms with Crippen LogP contribution in [0, 0.1) is 10.1 Å². The van der Waals surface area contributed by atoms with Crippen LogP contribution in [0.4, 0.5) is 11.4 Å². The van der Waals surface area contributed by atoms with Gasteiger partial charge in [0.2, 0.25) is 0 Å². The van der Waals surface area contributed by atoms with Gasteiger partial charge in [-0.25, -0.2) is 0 Å². The molecule has 1 aromatic carbocycles. The van der Waals surface area contributed by atoms with Gasteiger partial charge in [-0.1, -0.05) is 0 Å². The molecule has 7 nitrogen and oxygen atoms in total. The monoisotopic (exact) mass is 279 g/mol. The summed E-state index contributed by atoms with van der Waals surface area (Å²) in [5, 5.41) is 23.1. The minimum Gasteiger partial charge on any atom is -0.393 e. The van der Waals surface area contributed by atoms with Gasteiger partial charge < -0.3 is 15.3 Å². The molecule has 108 valence electrons. The van der Waals surface area contributed by atoms with Crippen molar-refractivity contribution in [1.29, 1.82) is 0 Å². The van der Waals surface area contributed by atoms with Crippen LogP contribution in [-0.2, 0) is 0 Å². The van der Waals surface area contributed by atoms with E-state index in [0.29, 0.717) is 37.2 Å². The molecule has 0 saturated carbocycles. The highest BCUT2D eigenvalue weighted by Gasteiger charge is 2.24. The summed E-state index contributed by atoms with van der Waals surface area (Å²) in [5.74, 6) is -0.234. The number of piperidine rings is 1. The number of benzene rings is 1. The first kappa shape index (κ1) is 14.3. The highest BCUT2D eigenvalue weighted by molar-refractivity contribution is 5.95. The zero-order chi connectivity index (χ0) is 14.7. The van der Waals surface area contributed by atoms with E-state index < -0.39 is 4.92 Å². The number of carbonyl (C=O) groups excluding carboxylic acids is 1. The molecule has 1 amide bonds. The van der Waals surface area contributed by atoms with Crippen LogP contribution in [0.15, 0.2) is 18.2 Å². The maximum atomic E-state index is 12.3. The Bertz CT molecular complexity index is 524. The number of aliphatic hydroxyl groups is 1. The molecular formula is C13H17N3O4. The normalized spacial score (nSPS) is 16.0. The van der Waals surface area contributed by atoms with Crippen molar-refractivity contribution in [2.24, 2.45) is 0 Å². The van der Waals surface area contributed by atoms with Gasteiger partial charge >= 0.3 is 0 Å². The van der Waals surface area contributed by atoms with Crippen molar-refractivity contribution in [1.82, 2.24) is 4.90 Å². The van der Waals surface area contributed by atoms with Crippen LogP contribution >= 0.6 is 0 Å². The van der Waals surface area contributed by atoms with Gasteiger partial charge in [0.25, 0.3) is 11.6 Å². The molecule has 0 atom stereocenters. The number of likely N-dealkylation sites (tertiary alicyclic amines) is 1. The smallest absolute Gasteiger partial charge is 0.293 e. The molecule has 7 heteroatoms. The summed E-state index contributed by atoms with van der Waals surface area (Å²) in [7, 11) is 1.59. The molecule has 0 aliphatic carbocycles. The van der Waals surface area contributed by atoms with Crippen molar-refractivity contribution >= 4 is 17.3 Å². The van der Waals surface area contributed by atoms with Gasteiger partial charge in [0, 0.05) is 31.8 Å². The van der Waals surface area contributed by atoms with E-state index >= 15 is 0 Å². The number of nitrogens with one attached hydrogen (secondary N) is 1. The van der Waals surface area contributed by atoms with Gasteiger partial charge in [0.1, 0.15) is 5.69 Å². The van der Waals surface area contributed by atoms with Crippen LogP contribution in [-0.4, -0.2) is 47.1 Å². The van der Waals surface area contributed by atoms with E-state index in [1.807, 2.05) is 0 Å². The molecule has 2 rings (SSSR count). The molecule has 1 fully saturated rings. The molecule has 1 aliphatic heterocycles. The fourth-order valence-electron chi connectivity index (χ4n) is 2.28. The van der Waals surface area contributed by atoms with Crippen molar-refractivity contribution < 1.29 is 14.8 Å². The van der Waals surface area contributed by atoms with Gasteiger partial charge in [-0.15, -0.1) is 0 Å². The molecule has 1 aromatic rings. The predicted molar refractivity (Wildman–Crippen MR) is 73.8 cm³/mol. The summed E-state index contributed by atoms with van der Waals surface area (Å²) in [6.45, 7) is 0.948. The third kappa shape index (κ3) is 2.88. The minimum absolute atomic E-state index is 0.115. The number of nitro benzene ring substituents is 1. The van der Waals surface area contributed by atoms with E-state index in [2.05, 4.69) is 5.32 Å². The Balaban J connectivity index is 2.22. The van der Waals surface area contributed by atoms with Crippen LogP contribution in [0.1, 0.15) is 23.2 Å². The highest BCUT2D eigenvalue weighted by Crippen LogP contribution is 2.26. The molecule has 0 unspecified atom stereocenters. The third-order valence-electron chi connectivity index (χ3n) is 3.46. The summed E-state index contributed by atoms with van der Waals surface area (Å²) in [5.41, 5.74) is 0.558. The van der Waals surface area contributed by atoms with Crippen LogP contribution in [0.25, 0.3) is 0 Å². The minimum atomic E-state index is -0.511. The average molecular weight is 279 g/mol. The SMILES string of the molecule is CNc1ccc(C(=O)N2CCC(O)CC2)cc1[N+](=O)[O-]. The highest BCUT2D eigenvalue weighted by atomic mass is 16.6. The van der Waals surface area contributed by atoms with E-state index in [4.69, 9.17) is 0 Å². The average Bonchev–Trinajstić information content (AvgIpc) is 2.46. The molecular weight excluding hydrogens is 262 g/mol. The lowest BCUT2D eigenvalue weighted by Crippen LogP contribution is -2.40. The molecule has 1 heterocycles. The van der Waals surface area contributed by atoms with Crippen LogP contribution < -0.4 is 5.32 Å². The number of aliphatic hydroxyl groups excluding tert-OH is 1. The lowest BCUT2D eigenvalue weighted by molar-refractivity contribution is -0.384. The first-order chi connectivity index (χ1) is 9.52. The molecule has 1 aliphatic rings. The lowest BCUT2D eigenvalue weighted by atomic mass is 10.1. The van der Waals surface area contributed by atoms with Gasteiger partial charge in [0.05, 0.1) is 11.0 Å². The Morgan fingerprint density at radius 1 is 1.45 bits per heavy atom. The molecule has 20 heavy (non-hydrogen) atoms. The summed E-state index contributed by atoms with van der Waals surface area (Å²) in [6, 6.07) is 4.40. The second kappa shape index (κ2) is 5.87. The Labute approximate surface area is 116 Å². The Kier molecular flexibility index (Phi) is 4.19. The Hall–Kier alpha value is -2.15. The van der Waals surface area contributed by atoms with E-state index in [1.54, 1.807) is 18.0 Å². The number of nitro groups is 1. The number of hydrogen-bond acceptors (Lipinski definition) is 5. The number of carbonyl (C=O) groups is 1. The number of hydrogen-bond donors (Lipinski definition) is 2. The number of anilines is 1. The van der Waals surface area contributed by atoms with Crippen molar-refractivity contribution in [2.75, 3.05) is 25.5 Å². The quantitative estimate of drug-likeness (QED) is 0.641. The fourth-order valence-corrected chi connectivity index (χ4v) is 2.28. The van der Waals surface area contributed by atoms with Crippen molar-refractivity contribution in [3.8, 4) is 0 Å². The molecule has 1 saturated heterocycles. The maximum Gasteiger partial charge on any atom is 0.293 e. The molecule has 2 N–H and O–H groups in total. The summed E-state index contributed by atoms with van der Waals surface area (Å²) in [6.07, 6.45) is 0.727. The number of rotatable bonds is 3. The van der Waals surface area contributed by atoms with Gasteiger partial charge in [0.15, 0.2) is 0 Å². The predicted octanol–water partition coefficient (Wildman–Crippen LogP) is 1.23. The van der Waals surface area contributed by atoms with E-state index in [0.717, 1.165) is 0 Å². The van der Waals surface area contributed by atoms with Gasteiger partial charge in [-0.3, -0.25) is 14.9 Å². The molecule has 0 spiro atoms. The van der Waals surface area contributed by atoms with Gasteiger partial charge in [-0.2, -0.15) is 0 Å². The zero-order valence-corrected chi connectivity index (χ0v) is 11.2. The largest absolute Gasteiger partial charge is 0.393 e. The summed E-state index contributed by atoms with van der Waals surface area (Å²) >= 11 is 0. The van der Waals surface area contributed by atoms with Crippen molar-refractivity contribution in [3.63, 3.8) is 0 Å². The maximum absolute atomic E-state index is 12.3. The third-order valence-corrected chi connectivity index (χ3v) is 3.46. The molecule has 0 radical (unpaired) electrons.